The minimum absolute atomic E-state index is 0.0771. The van der Waals surface area contributed by atoms with E-state index in [2.05, 4.69) is 39.2 Å². The second-order valence-corrected chi connectivity index (χ2v) is 16.9. The standard InChI is InChI=1S/C37H60N8O13S2/c1-18(2)14-23(36(56)45-12-6-8-25(45)32(52)42-24(37(57)58)16-28(48)49)41-34(54)29(19(3)4)43-33(53)26-9-7-11-44(26)35(55)21(10-13-60-5)39-31(51)22(15-27(46)47)40-30(50)20(38)17-59/h18-26,29,59H,6-17,38H2,1-5H3,(H,39,51)(H,40,50)(H,41,54)(H,42,52)(H,43,53)(H,46,47)(H,48,49)(H,57,58)/t20-,21-,22-,23-,24-,25-,26-,29-/m0/s1. The van der Waals surface area contributed by atoms with E-state index >= 15 is 0 Å². The first-order chi connectivity index (χ1) is 28.1. The minimum atomic E-state index is -1.72. The van der Waals surface area contributed by atoms with Crippen LogP contribution in [0.5, 0.6) is 0 Å². The Labute approximate surface area is 358 Å². The molecule has 0 saturated carbocycles. The molecule has 0 spiro atoms. The van der Waals surface area contributed by atoms with Crippen molar-refractivity contribution in [1.29, 1.82) is 0 Å². The SMILES string of the molecule is CSCC[C@H](NC(=O)[C@H](CC(=O)O)NC(=O)[C@@H](N)CS)C(=O)N1CCC[C@H]1C(=O)N[C@H](C(=O)N[C@@H](CC(C)C)C(=O)N1CCC[C@H]1C(=O)N[C@@H](CC(=O)O)C(=O)O)C(C)C. The predicted molar refractivity (Wildman–Crippen MR) is 220 cm³/mol. The Hall–Kier alpha value is -4.64. The number of amides is 7. The van der Waals surface area contributed by atoms with Gasteiger partial charge in [0, 0.05) is 18.8 Å². The van der Waals surface area contributed by atoms with E-state index < -0.39 is 126 Å². The van der Waals surface area contributed by atoms with Gasteiger partial charge in [0.25, 0.3) is 0 Å². The van der Waals surface area contributed by atoms with Crippen LogP contribution >= 0.6 is 24.4 Å². The number of thioether (sulfide) groups is 1. The van der Waals surface area contributed by atoms with Gasteiger partial charge in [-0.15, -0.1) is 0 Å². The second kappa shape index (κ2) is 24.6. The maximum atomic E-state index is 14.0. The molecule has 338 valence electrons. The lowest BCUT2D eigenvalue weighted by atomic mass is 9.99. The number of carboxylic acid groups (broad SMARTS) is 3. The van der Waals surface area contributed by atoms with Gasteiger partial charge in [0.2, 0.25) is 41.4 Å². The average Bonchev–Trinajstić information content (AvgIpc) is 3.87. The van der Waals surface area contributed by atoms with Crippen LogP contribution in [0, 0.1) is 11.8 Å². The summed E-state index contributed by atoms with van der Waals surface area (Å²) in [5, 5.41) is 40.4. The number of carbonyl (C=O) groups excluding carboxylic acids is 7. The topological polar surface area (TPSA) is 324 Å². The Balaban J connectivity index is 2.27. The number of rotatable bonds is 24. The summed E-state index contributed by atoms with van der Waals surface area (Å²) >= 11 is 5.33. The molecule has 2 rings (SSSR count). The molecule has 0 bridgehead atoms. The molecule has 2 aliphatic heterocycles. The number of hydrogen-bond acceptors (Lipinski definition) is 13. The first kappa shape index (κ1) is 51.5. The number of likely N-dealkylation sites (tertiary alicyclic amines) is 2. The molecular formula is C37H60N8O13S2. The van der Waals surface area contributed by atoms with Gasteiger partial charge in [-0.1, -0.05) is 27.7 Å². The maximum Gasteiger partial charge on any atom is 0.326 e. The van der Waals surface area contributed by atoms with Gasteiger partial charge in [0.05, 0.1) is 18.9 Å². The molecule has 0 aromatic rings. The number of nitrogens with two attached hydrogens (primary N) is 1. The lowest BCUT2D eigenvalue weighted by Crippen LogP contribution is -2.61. The Morgan fingerprint density at radius 3 is 1.63 bits per heavy atom. The van der Waals surface area contributed by atoms with Crippen LogP contribution in [0.4, 0.5) is 0 Å². The molecule has 10 N–H and O–H groups in total. The van der Waals surface area contributed by atoms with Crippen molar-refractivity contribution in [3.8, 4) is 0 Å². The van der Waals surface area contributed by atoms with E-state index in [0.717, 1.165) is 0 Å². The summed E-state index contributed by atoms with van der Waals surface area (Å²) in [7, 11) is 0. The zero-order valence-corrected chi connectivity index (χ0v) is 36.2. The van der Waals surface area contributed by atoms with E-state index in [1.807, 2.05) is 13.8 Å². The van der Waals surface area contributed by atoms with Gasteiger partial charge in [0.15, 0.2) is 0 Å². The summed E-state index contributed by atoms with van der Waals surface area (Å²) in [5.74, 6) is -9.95. The van der Waals surface area contributed by atoms with E-state index in [-0.39, 0.29) is 50.4 Å². The molecule has 0 aromatic heterocycles. The van der Waals surface area contributed by atoms with Crippen molar-refractivity contribution < 1.29 is 63.3 Å². The van der Waals surface area contributed by atoms with Crippen molar-refractivity contribution in [2.75, 3.05) is 30.9 Å². The zero-order chi connectivity index (χ0) is 45.4. The maximum absolute atomic E-state index is 14.0. The fourth-order valence-corrected chi connectivity index (χ4v) is 7.54. The molecule has 2 aliphatic rings. The Bertz CT molecular complexity index is 1600. The summed E-state index contributed by atoms with van der Waals surface area (Å²) in [5.41, 5.74) is 5.68. The number of carbonyl (C=O) groups is 10. The van der Waals surface area contributed by atoms with Gasteiger partial charge >= 0.3 is 17.9 Å². The monoisotopic (exact) mass is 888 g/mol. The van der Waals surface area contributed by atoms with E-state index in [1.54, 1.807) is 20.1 Å². The summed E-state index contributed by atoms with van der Waals surface area (Å²) in [4.78, 5) is 132. The van der Waals surface area contributed by atoms with Crippen molar-refractivity contribution in [1.82, 2.24) is 36.4 Å². The van der Waals surface area contributed by atoms with E-state index in [9.17, 15) is 58.2 Å². The number of nitrogens with zero attached hydrogens (tertiary/aromatic N) is 2. The fourth-order valence-electron chi connectivity index (χ4n) is 6.90. The lowest BCUT2D eigenvalue weighted by molar-refractivity contribution is -0.148. The Kier molecular flexibility index (Phi) is 21.1. The van der Waals surface area contributed by atoms with E-state index in [1.165, 1.54) is 21.6 Å². The molecule has 8 atom stereocenters. The number of hydrogen-bond donors (Lipinski definition) is 10. The highest BCUT2D eigenvalue weighted by molar-refractivity contribution is 7.98. The minimum Gasteiger partial charge on any atom is -0.481 e. The van der Waals surface area contributed by atoms with Crippen LogP contribution in [0.2, 0.25) is 0 Å². The van der Waals surface area contributed by atoms with Gasteiger partial charge in [0.1, 0.15) is 42.3 Å². The highest BCUT2D eigenvalue weighted by atomic mass is 32.2. The van der Waals surface area contributed by atoms with Crippen molar-refractivity contribution in [2.45, 2.75) is 127 Å². The zero-order valence-electron chi connectivity index (χ0n) is 34.5. The quantitative estimate of drug-likeness (QED) is 0.0475. The third-order valence-corrected chi connectivity index (χ3v) is 11.0. The molecule has 7 amide bonds. The van der Waals surface area contributed by atoms with Crippen LogP contribution in [0.3, 0.4) is 0 Å². The Morgan fingerprint density at radius 2 is 1.17 bits per heavy atom. The highest BCUT2D eigenvalue weighted by Gasteiger charge is 2.42. The Morgan fingerprint density at radius 1 is 0.683 bits per heavy atom. The fraction of sp³-hybridized carbons (Fsp3) is 0.730. The molecule has 0 aliphatic carbocycles. The molecule has 0 radical (unpaired) electrons. The molecule has 60 heavy (non-hydrogen) atoms. The molecular weight excluding hydrogens is 829 g/mol. The molecule has 23 heteroatoms. The molecule has 0 unspecified atom stereocenters. The van der Waals surface area contributed by atoms with Gasteiger partial charge in [-0.05, 0) is 62.4 Å². The number of thiol groups is 1. The number of carboxylic acids is 3. The van der Waals surface area contributed by atoms with Crippen molar-refractivity contribution >= 4 is 83.6 Å². The molecule has 21 nitrogen and oxygen atoms in total. The number of nitrogens with one attached hydrogen (secondary N) is 5. The van der Waals surface area contributed by atoms with E-state index in [4.69, 9.17) is 10.8 Å². The molecule has 2 saturated heterocycles. The van der Waals surface area contributed by atoms with E-state index in [0.29, 0.717) is 18.6 Å². The van der Waals surface area contributed by atoms with Crippen LogP contribution in [0.1, 0.15) is 79.1 Å². The average molecular weight is 889 g/mol. The van der Waals surface area contributed by atoms with Crippen LogP contribution in [-0.2, 0) is 47.9 Å². The molecule has 2 fully saturated rings. The van der Waals surface area contributed by atoms with Gasteiger partial charge in [-0.25, -0.2) is 4.79 Å². The molecule has 2 heterocycles. The second-order valence-electron chi connectivity index (χ2n) is 15.6. The summed E-state index contributed by atoms with van der Waals surface area (Å²) in [6.45, 7) is 7.21. The largest absolute Gasteiger partial charge is 0.481 e. The van der Waals surface area contributed by atoms with Crippen molar-refractivity contribution in [3.05, 3.63) is 0 Å². The van der Waals surface area contributed by atoms with Crippen LogP contribution in [0.25, 0.3) is 0 Å². The van der Waals surface area contributed by atoms with Crippen molar-refractivity contribution in [3.63, 3.8) is 0 Å². The lowest BCUT2D eigenvalue weighted by Gasteiger charge is -2.33. The third-order valence-electron chi connectivity index (χ3n) is 10.0. The normalized spacial score (nSPS) is 19.4. The summed E-state index contributed by atoms with van der Waals surface area (Å²) in [6, 6.07) is -10.2. The highest BCUT2D eigenvalue weighted by Crippen LogP contribution is 2.23. The number of aliphatic carboxylic acids is 3. The van der Waals surface area contributed by atoms with Crippen molar-refractivity contribution in [2.24, 2.45) is 17.6 Å². The van der Waals surface area contributed by atoms with Crippen LogP contribution in [-0.4, -0.2) is 164 Å². The first-order valence-corrected chi connectivity index (χ1v) is 21.8. The third kappa shape index (κ3) is 15.4. The molecule has 0 aromatic carbocycles. The van der Waals surface area contributed by atoms with Crippen LogP contribution < -0.4 is 32.3 Å². The van der Waals surface area contributed by atoms with Gasteiger partial charge < -0.3 is 57.4 Å². The predicted octanol–water partition coefficient (Wildman–Crippen LogP) is -1.86. The summed E-state index contributed by atoms with van der Waals surface area (Å²) in [6.07, 6.45) is 1.53. The summed E-state index contributed by atoms with van der Waals surface area (Å²) < 4.78 is 0. The first-order valence-electron chi connectivity index (χ1n) is 19.8. The van der Waals surface area contributed by atoms with Gasteiger partial charge in [-0.3, -0.25) is 43.2 Å². The van der Waals surface area contributed by atoms with Crippen LogP contribution in [0.15, 0.2) is 0 Å². The van der Waals surface area contributed by atoms with Gasteiger partial charge in [-0.2, -0.15) is 24.4 Å². The smallest absolute Gasteiger partial charge is 0.326 e.